The predicted molar refractivity (Wildman–Crippen MR) is 86.4 cm³/mol. The van der Waals surface area contributed by atoms with Crippen molar-refractivity contribution in [3.05, 3.63) is 0 Å². The number of hydrogen-bond donors (Lipinski definition) is 6. The van der Waals surface area contributed by atoms with Crippen molar-refractivity contribution in [1.29, 1.82) is 0 Å². The fourth-order valence-electron chi connectivity index (χ4n) is 1.46. The molecule has 0 unspecified atom stereocenters. The van der Waals surface area contributed by atoms with Gasteiger partial charge in [0.25, 0.3) is 0 Å². The van der Waals surface area contributed by atoms with Crippen LogP contribution in [-0.2, 0) is 19.2 Å². The monoisotopic (exact) mass is 365 g/mol. The fourth-order valence-corrected chi connectivity index (χ4v) is 2.32. The average Bonchev–Trinajstić information content (AvgIpc) is 2.53. The lowest BCUT2D eigenvalue weighted by Crippen LogP contribution is -2.49. The lowest BCUT2D eigenvalue weighted by molar-refractivity contribution is -0.139. The van der Waals surface area contributed by atoms with Crippen LogP contribution in [0.25, 0.3) is 0 Å². The van der Waals surface area contributed by atoms with Gasteiger partial charge in [0.15, 0.2) is 0 Å². The molecule has 7 N–H and O–H groups in total. The van der Waals surface area contributed by atoms with Crippen molar-refractivity contribution in [2.75, 3.05) is 18.9 Å². The Morgan fingerprint density at radius 1 is 1.21 bits per heavy atom. The van der Waals surface area contributed by atoms with Gasteiger partial charge in [0.2, 0.25) is 11.8 Å². The largest absolute Gasteiger partial charge is 0.480 e. The van der Waals surface area contributed by atoms with E-state index in [-0.39, 0.29) is 30.5 Å². The second-order valence-electron chi connectivity index (χ2n) is 5.04. The Hall–Kier alpha value is -1.85. The van der Waals surface area contributed by atoms with E-state index in [9.17, 15) is 19.2 Å². The lowest BCUT2D eigenvalue weighted by atomic mass is 10.1. The Morgan fingerprint density at radius 2 is 1.83 bits per heavy atom. The highest BCUT2D eigenvalue weighted by atomic mass is 32.2. The van der Waals surface area contributed by atoms with E-state index in [1.807, 2.05) is 0 Å². The zero-order valence-electron chi connectivity index (χ0n) is 13.2. The maximum Gasteiger partial charge on any atom is 0.322 e. The van der Waals surface area contributed by atoms with Crippen molar-refractivity contribution in [3.63, 3.8) is 0 Å². The molecule has 0 aromatic rings. The number of rotatable bonds is 12. The van der Waals surface area contributed by atoms with Crippen LogP contribution in [0.1, 0.15) is 19.8 Å². The normalized spacial score (nSPS) is 14.3. The Kier molecular flexibility index (Phi) is 10.8. The number of aliphatic hydroxyl groups is 1. The quantitative estimate of drug-likeness (QED) is 0.227. The second kappa shape index (κ2) is 11.6. The van der Waals surface area contributed by atoms with Crippen LogP contribution in [-0.4, -0.2) is 75.3 Å². The maximum absolute atomic E-state index is 11.9. The van der Waals surface area contributed by atoms with Gasteiger partial charge in [-0.3, -0.25) is 19.2 Å². The number of carboxylic acid groups (broad SMARTS) is 2. The topological polar surface area (TPSA) is 179 Å². The van der Waals surface area contributed by atoms with E-state index in [0.29, 0.717) is 0 Å². The number of aliphatic hydroxyl groups excluding tert-OH is 1. The first-order valence-electron chi connectivity index (χ1n) is 7.17. The molecule has 138 valence electrons. The van der Waals surface area contributed by atoms with Crippen molar-refractivity contribution >= 4 is 35.5 Å². The van der Waals surface area contributed by atoms with Crippen molar-refractivity contribution in [2.24, 2.45) is 5.73 Å². The minimum Gasteiger partial charge on any atom is -0.480 e. The molecule has 0 bridgehead atoms. The van der Waals surface area contributed by atoms with Crippen LogP contribution in [0.2, 0.25) is 0 Å². The van der Waals surface area contributed by atoms with Crippen LogP contribution in [0.15, 0.2) is 0 Å². The molecule has 24 heavy (non-hydrogen) atoms. The first kappa shape index (κ1) is 22.1. The highest BCUT2D eigenvalue weighted by Crippen LogP contribution is 2.11. The van der Waals surface area contributed by atoms with Crippen LogP contribution < -0.4 is 16.4 Å². The van der Waals surface area contributed by atoms with Gasteiger partial charge in [0.1, 0.15) is 18.6 Å². The highest BCUT2D eigenvalue weighted by molar-refractivity contribution is 7.99. The molecule has 3 atom stereocenters. The molecule has 0 aliphatic rings. The molecule has 0 saturated heterocycles. The molecule has 0 aliphatic carbocycles. The summed E-state index contributed by atoms with van der Waals surface area (Å²) in [5.41, 5.74) is 5.30. The van der Waals surface area contributed by atoms with E-state index < -0.39 is 42.4 Å². The van der Waals surface area contributed by atoms with E-state index >= 15 is 0 Å². The maximum atomic E-state index is 11.9. The molecule has 10 nitrogen and oxygen atoms in total. The Balaban J connectivity index is 4.60. The number of hydrogen-bond acceptors (Lipinski definition) is 7. The van der Waals surface area contributed by atoms with E-state index in [2.05, 4.69) is 10.6 Å². The first-order chi connectivity index (χ1) is 11.2. The molecule has 0 heterocycles. The summed E-state index contributed by atoms with van der Waals surface area (Å²) < 4.78 is 0. The van der Waals surface area contributed by atoms with Gasteiger partial charge >= 0.3 is 11.9 Å². The number of amides is 2. The third kappa shape index (κ3) is 10.0. The van der Waals surface area contributed by atoms with Gasteiger partial charge in [-0.2, -0.15) is 11.8 Å². The summed E-state index contributed by atoms with van der Waals surface area (Å²) in [5, 5.41) is 30.6. The van der Waals surface area contributed by atoms with Crippen molar-refractivity contribution in [1.82, 2.24) is 10.6 Å². The van der Waals surface area contributed by atoms with Crippen molar-refractivity contribution in [2.45, 2.75) is 37.1 Å². The molecule has 2 amide bonds. The summed E-state index contributed by atoms with van der Waals surface area (Å²) in [6.07, 6.45) is -0.277. The minimum atomic E-state index is -1.23. The molecular weight excluding hydrogens is 342 g/mol. The van der Waals surface area contributed by atoms with Gasteiger partial charge in [-0.1, -0.05) is 6.92 Å². The van der Waals surface area contributed by atoms with E-state index in [1.54, 1.807) is 6.92 Å². The lowest BCUT2D eigenvalue weighted by Gasteiger charge is -2.19. The van der Waals surface area contributed by atoms with Crippen molar-refractivity contribution in [3.8, 4) is 0 Å². The molecule has 0 rings (SSSR count). The smallest absolute Gasteiger partial charge is 0.322 e. The van der Waals surface area contributed by atoms with E-state index in [4.69, 9.17) is 21.1 Å². The molecule has 0 aliphatic heterocycles. The van der Waals surface area contributed by atoms with Gasteiger partial charge in [-0.05, 0) is 6.42 Å². The number of carboxylic acids is 2. The highest BCUT2D eigenvalue weighted by Gasteiger charge is 2.23. The molecule has 0 radical (unpaired) electrons. The molecular formula is C13H23N3O7S. The Morgan fingerprint density at radius 3 is 2.33 bits per heavy atom. The van der Waals surface area contributed by atoms with Crippen LogP contribution in [0, 0.1) is 0 Å². The number of nitrogens with two attached hydrogens (primary N) is 1. The van der Waals surface area contributed by atoms with Gasteiger partial charge in [0, 0.05) is 17.4 Å². The standard InChI is InChI=1S/C13H23N3O7S/c1-7(5-17)24-6-9(12(21)15-4-11(19)20)16-10(18)3-2-8(14)13(22)23/h7-9,17H,2-6,14H2,1H3,(H,15,21)(H,16,18)(H,19,20)(H,22,23)/t7-,8+,9+/m1/s1. The minimum absolute atomic E-state index is 0.0924. The molecule has 0 aromatic heterocycles. The summed E-state index contributed by atoms with van der Waals surface area (Å²) in [6.45, 7) is 1.02. The number of carbonyl (C=O) groups excluding carboxylic acids is 2. The third-order valence-corrected chi connectivity index (χ3v) is 4.11. The molecule has 0 saturated carbocycles. The zero-order valence-corrected chi connectivity index (χ0v) is 14.0. The third-order valence-electron chi connectivity index (χ3n) is 2.87. The molecule has 0 aromatic carbocycles. The SMILES string of the molecule is C[C@H](CO)SC[C@H](NC(=O)CC[C@H](N)C(=O)O)C(=O)NCC(=O)O. The molecule has 0 fully saturated rings. The van der Waals surface area contributed by atoms with Crippen LogP contribution in [0.4, 0.5) is 0 Å². The number of nitrogens with one attached hydrogen (secondary N) is 2. The van der Waals surface area contributed by atoms with Crippen LogP contribution in [0.5, 0.6) is 0 Å². The second-order valence-corrected chi connectivity index (χ2v) is 6.51. The first-order valence-corrected chi connectivity index (χ1v) is 8.22. The van der Waals surface area contributed by atoms with Gasteiger partial charge < -0.3 is 31.7 Å². The average molecular weight is 365 g/mol. The molecule has 11 heteroatoms. The van der Waals surface area contributed by atoms with E-state index in [0.717, 1.165) is 0 Å². The predicted octanol–water partition coefficient (Wildman–Crippen LogP) is -2.02. The summed E-state index contributed by atoms with van der Waals surface area (Å²) in [6, 6.07) is -2.18. The van der Waals surface area contributed by atoms with Crippen molar-refractivity contribution < 1.29 is 34.5 Å². The van der Waals surface area contributed by atoms with Gasteiger partial charge in [0.05, 0.1) is 6.61 Å². The number of aliphatic carboxylic acids is 2. The van der Waals surface area contributed by atoms with Gasteiger partial charge in [-0.25, -0.2) is 0 Å². The summed E-state index contributed by atoms with van der Waals surface area (Å²) >= 11 is 1.23. The van der Waals surface area contributed by atoms with Crippen LogP contribution in [0.3, 0.4) is 0 Å². The Bertz CT molecular complexity index is 461. The summed E-state index contributed by atoms with van der Waals surface area (Å²) in [4.78, 5) is 44.9. The summed E-state index contributed by atoms with van der Waals surface area (Å²) in [7, 11) is 0. The summed E-state index contributed by atoms with van der Waals surface area (Å²) in [5.74, 6) is -3.57. The van der Waals surface area contributed by atoms with Gasteiger partial charge in [-0.15, -0.1) is 0 Å². The fraction of sp³-hybridized carbons (Fsp3) is 0.692. The molecule has 0 spiro atoms. The Labute approximate surface area is 143 Å². The number of carbonyl (C=O) groups is 4. The number of thioether (sulfide) groups is 1. The van der Waals surface area contributed by atoms with E-state index in [1.165, 1.54) is 11.8 Å². The van der Waals surface area contributed by atoms with Crippen LogP contribution >= 0.6 is 11.8 Å². The zero-order chi connectivity index (χ0) is 18.7.